The van der Waals surface area contributed by atoms with Crippen LogP contribution >= 0.6 is 0 Å². The minimum absolute atomic E-state index is 0.172. The van der Waals surface area contributed by atoms with Crippen LogP contribution in [0.4, 0.5) is 13.2 Å². The molecule has 0 saturated carbocycles. The van der Waals surface area contributed by atoms with Gasteiger partial charge in [-0.2, -0.15) is 17.7 Å². The van der Waals surface area contributed by atoms with Gasteiger partial charge in [-0.05, 0) is 99.8 Å². The molecular weight excluding hydrogens is 613 g/mol. The summed E-state index contributed by atoms with van der Waals surface area (Å²) < 4.78 is 47.1. The third kappa shape index (κ3) is 5.61. The summed E-state index contributed by atoms with van der Waals surface area (Å²) in [4.78, 5) is 0. The van der Waals surface area contributed by atoms with Crippen molar-refractivity contribution in [2.45, 2.75) is 52.6 Å². The zero-order valence-electron chi connectivity index (χ0n) is 28.7. The maximum absolute atomic E-state index is 14.2. The zero-order valence-corrected chi connectivity index (χ0v) is 28.7. The molecule has 0 N–H and O–H groups in total. The lowest BCUT2D eigenvalue weighted by Gasteiger charge is -2.21. The molecule has 0 fully saturated rings. The molecule has 1 heterocycles. The van der Waals surface area contributed by atoms with Gasteiger partial charge in [-0.15, -0.1) is 0 Å². The molecule has 0 saturated heterocycles. The van der Waals surface area contributed by atoms with Crippen LogP contribution in [0.5, 0.6) is 0 Å². The molecule has 6 aromatic carbocycles. The lowest BCUT2D eigenvalue weighted by molar-refractivity contribution is -0.633. The summed E-state index contributed by atoms with van der Waals surface area (Å²) in [6.07, 6.45) is -4.47. The van der Waals surface area contributed by atoms with Crippen LogP contribution in [-0.2, 0) is 13.2 Å². The maximum Gasteiger partial charge on any atom is 0.417 e. The topological polar surface area (TPSA) is 8.81 Å². The molecule has 49 heavy (non-hydrogen) atoms. The standard InChI is InChI=1S/C44H40F3N2/c1-27(2)37-24-33(30-14-8-7-9-15-30)25-38(28(3)4)42(37)49-40-23-21-32(36-18-12-13-19-39(36)44(45,46)47)26-41(40)48(6)43(49)35-22-20-31-16-10-11-17-34(31)29(35)5/h7-28H,1-6H3/q+1. The van der Waals surface area contributed by atoms with Crippen LogP contribution in [0, 0.1) is 6.92 Å². The van der Waals surface area contributed by atoms with Gasteiger partial charge in [0, 0.05) is 11.1 Å². The van der Waals surface area contributed by atoms with Crippen molar-refractivity contribution in [1.82, 2.24) is 4.57 Å². The molecule has 5 heteroatoms. The van der Waals surface area contributed by atoms with Crippen molar-refractivity contribution in [1.29, 1.82) is 0 Å². The first-order valence-electron chi connectivity index (χ1n) is 16.9. The van der Waals surface area contributed by atoms with Crippen molar-refractivity contribution in [2.24, 2.45) is 7.05 Å². The molecule has 246 valence electrons. The second kappa shape index (κ2) is 12.4. The van der Waals surface area contributed by atoms with Crippen molar-refractivity contribution in [3.63, 3.8) is 0 Å². The van der Waals surface area contributed by atoms with E-state index in [0.717, 1.165) is 45.1 Å². The summed E-state index contributed by atoms with van der Waals surface area (Å²) in [5.41, 5.74) is 9.99. The first-order valence-corrected chi connectivity index (χ1v) is 16.9. The summed E-state index contributed by atoms with van der Waals surface area (Å²) in [5, 5.41) is 2.34. The molecule has 0 bridgehead atoms. The number of halogens is 3. The average molecular weight is 654 g/mol. The minimum atomic E-state index is -4.47. The molecule has 0 aliphatic heterocycles. The Morgan fingerprint density at radius 3 is 1.92 bits per heavy atom. The number of aryl methyl sites for hydroxylation is 2. The zero-order chi connectivity index (χ0) is 34.6. The van der Waals surface area contributed by atoms with E-state index in [0.29, 0.717) is 5.56 Å². The van der Waals surface area contributed by atoms with E-state index in [9.17, 15) is 13.2 Å². The molecule has 0 radical (unpaired) electrons. The predicted octanol–water partition coefficient (Wildman–Crippen LogP) is 12.2. The van der Waals surface area contributed by atoms with E-state index in [4.69, 9.17) is 0 Å². The summed E-state index contributed by atoms with van der Waals surface area (Å²) in [6.45, 7) is 11.1. The molecule has 0 atom stereocenters. The maximum atomic E-state index is 14.2. The van der Waals surface area contributed by atoms with Crippen molar-refractivity contribution in [3.8, 4) is 39.3 Å². The molecule has 0 amide bonds. The first-order chi connectivity index (χ1) is 23.5. The largest absolute Gasteiger partial charge is 0.417 e. The lowest BCUT2D eigenvalue weighted by Crippen LogP contribution is -2.30. The van der Waals surface area contributed by atoms with Gasteiger partial charge in [0.25, 0.3) is 5.82 Å². The smallest absolute Gasteiger partial charge is 0.225 e. The van der Waals surface area contributed by atoms with Gasteiger partial charge in [0.15, 0.2) is 11.0 Å². The van der Waals surface area contributed by atoms with E-state index >= 15 is 0 Å². The van der Waals surface area contributed by atoms with Crippen molar-refractivity contribution in [3.05, 3.63) is 144 Å². The quantitative estimate of drug-likeness (QED) is 0.158. The third-order valence-electron chi connectivity index (χ3n) is 9.83. The number of imidazole rings is 1. The average Bonchev–Trinajstić information content (AvgIpc) is 3.38. The molecule has 0 spiro atoms. The van der Waals surface area contributed by atoms with Crippen LogP contribution < -0.4 is 4.57 Å². The lowest BCUT2D eigenvalue weighted by atomic mass is 9.88. The Morgan fingerprint density at radius 2 is 1.24 bits per heavy atom. The number of aromatic nitrogens is 2. The molecule has 0 aliphatic rings. The molecule has 0 aliphatic carbocycles. The number of benzene rings is 6. The van der Waals surface area contributed by atoms with E-state index in [2.05, 4.69) is 117 Å². The van der Waals surface area contributed by atoms with E-state index in [-0.39, 0.29) is 17.4 Å². The van der Waals surface area contributed by atoms with Gasteiger partial charge in [0.2, 0.25) is 0 Å². The second-order valence-electron chi connectivity index (χ2n) is 13.6. The van der Waals surface area contributed by atoms with Crippen LogP contribution in [-0.4, -0.2) is 4.57 Å². The van der Waals surface area contributed by atoms with Gasteiger partial charge < -0.3 is 0 Å². The Hall–Kier alpha value is -5.16. The molecule has 7 aromatic rings. The van der Waals surface area contributed by atoms with Gasteiger partial charge in [0.05, 0.1) is 18.2 Å². The van der Waals surface area contributed by atoms with Crippen LogP contribution in [0.1, 0.15) is 61.8 Å². The third-order valence-corrected chi connectivity index (χ3v) is 9.83. The number of fused-ring (bicyclic) bond motifs is 2. The summed E-state index contributed by atoms with van der Waals surface area (Å²) >= 11 is 0. The number of rotatable bonds is 6. The van der Waals surface area contributed by atoms with Gasteiger partial charge in [-0.25, -0.2) is 4.57 Å². The molecule has 0 unspecified atom stereocenters. The summed E-state index contributed by atoms with van der Waals surface area (Å²) in [5.74, 6) is 1.38. The van der Waals surface area contributed by atoms with Crippen LogP contribution in [0.15, 0.2) is 121 Å². The predicted molar refractivity (Wildman–Crippen MR) is 196 cm³/mol. The van der Waals surface area contributed by atoms with Gasteiger partial charge in [-0.3, -0.25) is 0 Å². The molecule has 1 aromatic heterocycles. The van der Waals surface area contributed by atoms with Gasteiger partial charge >= 0.3 is 6.18 Å². The Labute approximate surface area is 286 Å². The van der Waals surface area contributed by atoms with Crippen molar-refractivity contribution >= 4 is 21.8 Å². The minimum Gasteiger partial charge on any atom is -0.225 e. The number of nitrogens with zero attached hydrogens (tertiary/aromatic N) is 2. The summed E-state index contributed by atoms with van der Waals surface area (Å²) in [7, 11) is 2.03. The van der Waals surface area contributed by atoms with E-state index in [1.54, 1.807) is 12.1 Å². The highest BCUT2D eigenvalue weighted by molar-refractivity contribution is 5.92. The fourth-order valence-corrected chi connectivity index (χ4v) is 7.32. The molecule has 7 rings (SSSR count). The van der Waals surface area contributed by atoms with Crippen LogP contribution in [0.25, 0.3) is 61.1 Å². The van der Waals surface area contributed by atoms with Crippen molar-refractivity contribution in [2.75, 3.05) is 0 Å². The second-order valence-corrected chi connectivity index (χ2v) is 13.6. The van der Waals surface area contributed by atoms with Crippen LogP contribution in [0.3, 0.4) is 0 Å². The number of hydrogen-bond acceptors (Lipinski definition) is 0. The Kier molecular flexibility index (Phi) is 8.18. The Morgan fingerprint density at radius 1 is 0.612 bits per heavy atom. The normalized spacial score (nSPS) is 12.1. The fourth-order valence-electron chi connectivity index (χ4n) is 7.32. The monoisotopic (exact) mass is 653 g/mol. The summed E-state index contributed by atoms with van der Waals surface area (Å²) in [6, 6.07) is 39.4. The van der Waals surface area contributed by atoms with E-state index in [1.165, 1.54) is 33.7 Å². The van der Waals surface area contributed by atoms with Crippen LogP contribution in [0.2, 0.25) is 0 Å². The highest BCUT2D eigenvalue weighted by Gasteiger charge is 2.35. The Bertz CT molecular complexity index is 2310. The number of alkyl halides is 3. The van der Waals surface area contributed by atoms with Gasteiger partial charge in [0.1, 0.15) is 5.69 Å². The van der Waals surface area contributed by atoms with E-state index < -0.39 is 11.7 Å². The molecular formula is C44H40F3N2+. The highest BCUT2D eigenvalue weighted by Crippen LogP contribution is 2.42. The Balaban J connectivity index is 1.61. The highest BCUT2D eigenvalue weighted by atomic mass is 19.4. The fraction of sp³-hybridized carbons (Fsp3) is 0.205. The SMILES string of the molecule is Cc1c(-c2n(-c3c(C(C)C)cc(-c4ccccc4)cc3C(C)C)c3ccc(-c4ccccc4C(F)(F)F)cc3[n+]2C)ccc2ccccc12. The van der Waals surface area contributed by atoms with Gasteiger partial charge in [-0.1, -0.05) is 107 Å². The van der Waals surface area contributed by atoms with Crippen molar-refractivity contribution < 1.29 is 17.7 Å². The molecule has 2 nitrogen and oxygen atoms in total. The first kappa shape index (κ1) is 32.4. The van der Waals surface area contributed by atoms with E-state index in [1.807, 2.05) is 31.3 Å². The number of hydrogen-bond donors (Lipinski definition) is 0.